The number of likely N-dealkylation sites (N-methyl/N-ethyl adjacent to an activating group) is 1. The lowest BCUT2D eigenvalue weighted by Crippen LogP contribution is -2.44. The third kappa shape index (κ3) is 2.64. The van der Waals surface area contributed by atoms with E-state index in [0.29, 0.717) is 0 Å². The van der Waals surface area contributed by atoms with Crippen molar-refractivity contribution in [1.82, 2.24) is 4.90 Å². The van der Waals surface area contributed by atoms with Gasteiger partial charge in [-0.25, -0.2) is 0 Å². The molecule has 0 amide bonds. The summed E-state index contributed by atoms with van der Waals surface area (Å²) < 4.78 is 0. The Labute approximate surface area is 98.2 Å². The van der Waals surface area contributed by atoms with Crippen molar-refractivity contribution in [3.63, 3.8) is 0 Å². The fraction of sp³-hybridized carbons (Fsp3) is 0.429. The minimum atomic E-state index is 1.14. The molecule has 0 saturated carbocycles. The van der Waals surface area contributed by atoms with Gasteiger partial charge in [0.2, 0.25) is 0 Å². The molecule has 0 N–H and O–H groups in total. The van der Waals surface area contributed by atoms with E-state index < -0.39 is 0 Å². The summed E-state index contributed by atoms with van der Waals surface area (Å²) in [6.45, 7) is 6.65. The zero-order valence-corrected chi connectivity index (χ0v) is 10.2. The first kappa shape index (κ1) is 11.2. The van der Waals surface area contributed by atoms with Gasteiger partial charge in [-0.05, 0) is 31.7 Å². The summed E-state index contributed by atoms with van der Waals surface area (Å²) in [4.78, 5) is 4.84. The Morgan fingerprint density at radius 1 is 1.00 bits per heavy atom. The maximum Gasteiger partial charge on any atom is 0.0367 e. The summed E-state index contributed by atoms with van der Waals surface area (Å²) >= 11 is 0. The van der Waals surface area contributed by atoms with Crippen LogP contribution in [-0.4, -0.2) is 38.1 Å². The normalized spacial score (nSPS) is 18.2. The Morgan fingerprint density at radius 3 is 2.19 bits per heavy atom. The fourth-order valence-electron chi connectivity index (χ4n) is 2.05. The van der Waals surface area contributed by atoms with Crippen molar-refractivity contribution < 1.29 is 0 Å². The third-order valence-electron chi connectivity index (χ3n) is 3.12. The van der Waals surface area contributed by atoms with E-state index >= 15 is 0 Å². The van der Waals surface area contributed by atoms with Crippen LogP contribution in [0.3, 0.4) is 0 Å². The maximum absolute atomic E-state index is 2.46. The van der Waals surface area contributed by atoms with Crippen LogP contribution in [0.5, 0.6) is 0 Å². The van der Waals surface area contributed by atoms with Gasteiger partial charge < -0.3 is 9.80 Å². The minimum Gasteiger partial charge on any atom is -0.369 e. The zero-order valence-electron chi connectivity index (χ0n) is 10.2. The van der Waals surface area contributed by atoms with Gasteiger partial charge in [-0.2, -0.15) is 0 Å². The molecule has 0 atom stereocenters. The summed E-state index contributed by atoms with van der Waals surface area (Å²) in [7, 11) is 2.19. The lowest BCUT2D eigenvalue weighted by molar-refractivity contribution is 0.313. The van der Waals surface area contributed by atoms with Crippen LogP contribution in [0.4, 0.5) is 5.69 Å². The van der Waals surface area contributed by atoms with Crippen LogP contribution < -0.4 is 4.90 Å². The topological polar surface area (TPSA) is 6.48 Å². The number of rotatable bonds is 2. The van der Waals surface area contributed by atoms with E-state index in [1.165, 1.54) is 11.3 Å². The fourth-order valence-corrected chi connectivity index (χ4v) is 2.05. The van der Waals surface area contributed by atoms with Crippen LogP contribution in [0.15, 0.2) is 30.3 Å². The van der Waals surface area contributed by atoms with E-state index in [-0.39, 0.29) is 0 Å². The van der Waals surface area contributed by atoms with Crippen LogP contribution in [0, 0.1) is 0 Å². The molecule has 2 heteroatoms. The van der Waals surface area contributed by atoms with Gasteiger partial charge in [0, 0.05) is 31.9 Å². The molecule has 1 saturated heterocycles. The number of hydrogen-bond acceptors (Lipinski definition) is 2. The van der Waals surface area contributed by atoms with E-state index in [0.717, 1.165) is 26.2 Å². The number of hydrogen-bond donors (Lipinski definition) is 0. The number of piperazine rings is 1. The molecular formula is C14H20N2. The predicted octanol–water partition coefficient (Wildman–Crippen LogP) is 2.47. The Hall–Kier alpha value is -1.28. The quantitative estimate of drug-likeness (QED) is 0.749. The van der Waals surface area contributed by atoms with Crippen molar-refractivity contribution in [3.8, 4) is 0 Å². The molecule has 1 fully saturated rings. The van der Waals surface area contributed by atoms with Crippen molar-refractivity contribution in [2.24, 2.45) is 0 Å². The molecule has 1 aliphatic rings. The van der Waals surface area contributed by atoms with Gasteiger partial charge in [0.15, 0.2) is 0 Å². The first-order valence-corrected chi connectivity index (χ1v) is 5.96. The summed E-state index contributed by atoms with van der Waals surface area (Å²) in [6, 6.07) is 8.82. The van der Waals surface area contributed by atoms with Crippen LogP contribution >= 0.6 is 0 Å². The molecule has 0 aromatic heterocycles. The van der Waals surface area contributed by atoms with Crippen molar-refractivity contribution in [3.05, 3.63) is 35.9 Å². The van der Waals surface area contributed by atoms with Crippen molar-refractivity contribution >= 4 is 11.8 Å². The average Bonchev–Trinajstić information content (AvgIpc) is 2.32. The van der Waals surface area contributed by atoms with Gasteiger partial charge in [0.25, 0.3) is 0 Å². The smallest absolute Gasteiger partial charge is 0.0367 e. The van der Waals surface area contributed by atoms with E-state index in [1.807, 2.05) is 6.92 Å². The van der Waals surface area contributed by atoms with Crippen LogP contribution in [0.25, 0.3) is 6.08 Å². The number of anilines is 1. The Balaban J connectivity index is 2.04. The summed E-state index contributed by atoms with van der Waals surface area (Å²) in [6.07, 6.45) is 4.21. The Morgan fingerprint density at radius 2 is 1.62 bits per heavy atom. The van der Waals surface area contributed by atoms with Gasteiger partial charge >= 0.3 is 0 Å². The molecule has 0 aliphatic carbocycles. The monoisotopic (exact) mass is 216 g/mol. The first-order chi connectivity index (χ1) is 7.79. The standard InChI is InChI=1S/C14H20N2/c1-3-4-13-5-7-14(8-6-13)16-11-9-15(2)10-12-16/h3-8H,9-12H2,1-2H3/b4-3-. The predicted molar refractivity (Wildman–Crippen MR) is 70.9 cm³/mol. The first-order valence-electron chi connectivity index (χ1n) is 5.96. The van der Waals surface area contributed by atoms with E-state index in [4.69, 9.17) is 0 Å². The molecule has 0 spiro atoms. The summed E-state index contributed by atoms with van der Waals surface area (Å²) in [5, 5.41) is 0. The number of benzene rings is 1. The number of nitrogens with zero attached hydrogens (tertiary/aromatic N) is 2. The average molecular weight is 216 g/mol. The van der Waals surface area contributed by atoms with Gasteiger partial charge in [-0.3, -0.25) is 0 Å². The van der Waals surface area contributed by atoms with E-state index in [9.17, 15) is 0 Å². The highest BCUT2D eigenvalue weighted by Gasteiger charge is 2.13. The molecule has 0 radical (unpaired) electrons. The van der Waals surface area contributed by atoms with Crippen LogP contribution in [0.2, 0.25) is 0 Å². The Kier molecular flexibility index (Phi) is 3.62. The minimum absolute atomic E-state index is 1.14. The molecule has 0 unspecified atom stereocenters. The number of allylic oxidation sites excluding steroid dienone is 1. The van der Waals surface area contributed by atoms with Gasteiger partial charge in [0.1, 0.15) is 0 Å². The van der Waals surface area contributed by atoms with E-state index in [2.05, 4.69) is 53.3 Å². The molecule has 16 heavy (non-hydrogen) atoms. The van der Waals surface area contributed by atoms with Gasteiger partial charge in [-0.15, -0.1) is 0 Å². The lowest BCUT2D eigenvalue weighted by atomic mass is 10.1. The SMILES string of the molecule is C/C=C\c1ccc(N2CCN(C)CC2)cc1. The van der Waals surface area contributed by atoms with Crippen LogP contribution in [0.1, 0.15) is 12.5 Å². The highest BCUT2D eigenvalue weighted by Crippen LogP contribution is 2.17. The molecule has 2 rings (SSSR count). The van der Waals surface area contributed by atoms with Crippen LogP contribution in [-0.2, 0) is 0 Å². The molecule has 86 valence electrons. The second-order valence-electron chi connectivity index (χ2n) is 4.38. The second-order valence-corrected chi connectivity index (χ2v) is 4.38. The maximum atomic E-state index is 2.46. The largest absolute Gasteiger partial charge is 0.369 e. The molecule has 1 heterocycles. The highest BCUT2D eigenvalue weighted by atomic mass is 15.2. The third-order valence-corrected chi connectivity index (χ3v) is 3.12. The van der Waals surface area contributed by atoms with E-state index in [1.54, 1.807) is 0 Å². The summed E-state index contributed by atoms with van der Waals surface area (Å²) in [5.41, 5.74) is 2.63. The molecule has 1 aliphatic heterocycles. The van der Waals surface area contributed by atoms with Crippen molar-refractivity contribution in [2.45, 2.75) is 6.92 Å². The molecule has 0 bridgehead atoms. The van der Waals surface area contributed by atoms with Crippen molar-refractivity contribution in [2.75, 3.05) is 38.1 Å². The molecular weight excluding hydrogens is 196 g/mol. The molecule has 1 aromatic rings. The zero-order chi connectivity index (χ0) is 11.4. The Bertz CT molecular complexity index is 346. The second kappa shape index (κ2) is 5.17. The lowest BCUT2D eigenvalue weighted by Gasteiger charge is -2.34. The molecule has 1 aromatic carbocycles. The highest BCUT2D eigenvalue weighted by molar-refractivity contribution is 5.55. The van der Waals surface area contributed by atoms with Gasteiger partial charge in [-0.1, -0.05) is 24.3 Å². The van der Waals surface area contributed by atoms with Crippen molar-refractivity contribution in [1.29, 1.82) is 0 Å². The van der Waals surface area contributed by atoms with Gasteiger partial charge in [0.05, 0.1) is 0 Å². The summed E-state index contributed by atoms with van der Waals surface area (Å²) in [5.74, 6) is 0. The molecule has 2 nitrogen and oxygen atoms in total.